The van der Waals surface area contributed by atoms with E-state index in [0.29, 0.717) is 13.0 Å². The van der Waals surface area contributed by atoms with Crippen molar-refractivity contribution in [2.75, 3.05) is 6.61 Å². The largest absolute Gasteiger partial charge is 0.382 e. The van der Waals surface area contributed by atoms with Gasteiger partial charge in [-0.2, -0.15) is 0 Å². The van der Waals surface area contributed by atoms with Crippen LogP contribution in [0.3, 0.4) is 0 Å². The number of carbonyl (C=O) groups excluding carboxylic acids is 1. The quantitative estimate of drug-likeness (QED) is 0.381. The lowest BCUT2D eigenvalue weighted by Gasteiger charge is -2.30. The molecule has 0 fully saturated rings. The van der Waals surface area contributed by atoms with E-state index in [2.05, 4.69) is 14.8 Å². The molecule has 0 aromatic carbocycles. The van der Waals surface area contributed by atoms with E-state index < -0.39 is 0 Å². The number of hydrogen-bond donors (Lipinski definition) is 0. The minimum Gasteiger partial charge on any atom is -0.382 e. The van der Waals surface area contributed by atoms with Gasteiger partial charge in [0.2, 0.25) is 0 Å². The predicted molar refractivity (Wildman–Crippen MR) is 81.5 cm³/mol. The molecule has 1 unspecified atom stereocenters. The van der Waals surface area contributed by atoms with Gasteiger partial charge in [-0.15, -0.1) is 0 Å². The van der Waals surface area contributed by atoms with Crippen LogP contribution in [0.5, 0.6) is 0 Å². The van der Waals surface area contributed by atoms with Crippen LogP contribution < -0.4 is 0 Å². The first kappa shape index (κ1) is 17.4. The van der Waals surface area contributed by atoms with Crippen LogP contribution in [0, 0.1) is 0 Å². The van der Waals surface area contributed by atoms with Crippen molar-refractivity contribution in [3.63, 3.8) is 0 Å². The van der Waals surface area contributed by atoms with Crippen LogP contribution in [0.4, 0.5) is 0 Å². The molecule has 0 amide bonds. The third-order valence-electron chi connectivity index (χ3n) is 2.32. The molecule has 3 nitrogen and oxygen atoms in total. The zero-order valence-corrected chi connectivity index (χ0v) is 14.0. The molecule has 0 radical (unpaired) electrons. The van der Waals surface area contributed by atoms with Crippen molar-refractivity contribution in [1.82, 2.24) is 0 Å². The average molecular weight is 354 g/mol. The van der Waals surface area contributed by atoms with Crippen LogP contribution >= 0.6 is 22.6 Å². The van der Waals surface area contributed by atoms with E-state index in [4.69, 9.17) is 9.47 Å². The van der Waals surface area contributed by atoms with E-state index in [9.17, 15) is 4.79 Å². The Kier molecular flexibility index (Phi) is 7.25. The maximum absolute atomic E-state index is 11.0. The van der Waals surface area contributed by atoms with Crippen LogP contribution in [0.1, 0.15) is 47.5 Å². The van der Waals surface area contributed by atoms with Crippen molar-refractivity contribution in [1.29, 1.82) is 0 Å². The summed E-state index contributed by atoms with van der Waals surface area (Å²) in [6.45, 7) is 10.6. The fourth-order valence-corrected chi connectivity index (χ4v) is 2.57. The lowest BCUT2D eigenvalue weighted by atomic mass is 9.80. The second-order valence-electron chi connectivity index (χ2n) is 5.82. The SMILES string of the molecule is BC(C)(CCOC(C)(C)CC(=O)I)OC(C)C. The predicted octanol–water partition coefficient (Wildman–Crippen LogP) is 2.30. The number of rotatable bonds is 8. The van der Waals surface area contributed by atoms with Gasteiger partial charge in [-0.05, 0) is 63.6 Å². The summed E-state index contributed by atoms with van der Waals surface area (Å²) in [5.74, 6) is 0. The summed E-state index contributed by atoms with van der Waals surface area (Å²) in [7, 11) is 2.06. The smallest absolute Gasteiger partial charge is 0.195 e. The molecule has 0 aliphatic rings. The van der Waals surface area contributed by atoms with E-state index >= 15 is 0 Å². The molecule has 0 aliphatic carbocycles. The monoisotopic (exact) mass is 354 g/mol. The van der Waals surface area contributed by atoms with Gasteiger partial charge in [-0.25, -0.2) is 0 Å². The molecule has 0 spiro atoms. The van der Waals surface area contributed by atoms with Gasteiger partial charge >= 0.3 is 0 Å². The van der Waals surface area contributed by atoms with Crippen molar-refractivity contribution in [2.45, 2.75) is 64.7 Å². The summed E-state index contributed by atoms with van der Waals surface area (Å²) in [4.78, 5) is 11.0. The first-order valence-electron chi connectivity index (χ1n) is 6.04. The standard InChI is InChI=1S/C12H24BIO3/c1-9(2)17-12(5,13)6-7-16-11(3,4)8-10(14)15/h9H,6-8,13H2,1-5H3. The lowest BCUT2D eigenvalue weighted by molar-refractivity contribution is -0.116. The number of carbonyl (C=O) groups is 1. The van der Waals surface area contributed by atoms with Crippen LogP contribution in [-0.2, 0) is 14.3 Å². The van der Waals surface area contributed by atoms with Gasteiger partial charge in [0.25, 0.3) is 0 Å². The number of halogens is 1. The highest BCUT2D eigenvalue weighted by Crippen LogP contribution is 2.20. The Hall–Kier alpha value is 0.385. The minimum atomic E-state index is -0.383. The summed E-state index contributed by atoms with van der Waals surface area (Å²) in [6.07, 6.45) is 1.48. The molecule has 0 N–H and O–H groups in total. The van der Waals surface area contributed by atoms with Gasteiger partial charge in [-0.1, -0.05) is 0 Å². The second kappa shape index (κ2) is 7.09. The molecule has 1 atom stereocenters. The molecular formula is C12H24BIO3. The second-order valence-corrected chi connectivity index (χ2v) is 7.02. The van der Waals surface area contributed by atoms with Gasteiger partial charge in [0.05, 0.1) is 11.7 Å². The normalized spacial score (nSPS) is 15.9. The van der Waals surface area contributed by atoms with E-state index in [1.807, 2.05) is 50.3 Å². The molecule has 5 heteroatoms. The Balaban J connectivity index is 4.01. The number of ether oxygens (including phenoxy) is 2. The minimum absolute atomic E-state index is 0.130. The third-order valence-corrected chi connectivity index (χ3v) is 2.70. The molecule has 100 valence electrons. The van der Waals surface area contributed by atoms with Crippen molar-refractivity contribution < 1.29 is 14.3 Å². The highest BCUT2D eigenvalue weighted by atomic mass is 127. The van der Waals surface area contributed by atoms with E-state index in [-0.39, 0.29) is 21.0 Å². The summed E-state index contributed by atoms with van der Waals surface area (Å²) in [6, 6.07) is 0. The fraction of sp³-hybridized carbons (Fsp3) is 0.917. The van der Waals surface area contributed by atoms with Crippen LogP contribution in [0.25, 0.3) is 0 Å². The van der Waals surface area contributed by atoms with E-state index in [1.54, 1.807) is 0 Å². The highest BCUT2D eigenvalue weighted by Gasteiger charge is 2.24. The Morgan fingerprint density at radius 1 is 1.35 bits per heavy atom. The maximum atomic E-state index is 11.0. The molecule has 0 heterocycles. The summed E-state index contributed by atoms with van der Waals surface area (Å²) in [5.41, 5.74) is -0.565. The molecule has 0 saturated heterocycles. The Labute approximate surface area is 120 Å². The fourth-order valence-electron chi connectivity index (χ4n) is 1.66. The van der Waals surface area contributed by atoms with Gasteiger partial charge < -0.3 is 9.47 Å². The summed E-state index contributed by atoms with van der Waals surface area (Å²) in [5, 5.41) is 0. The van der Waals surface area contributed by atoms with Crippen molar-refractivity contribution in [3.05, 3.63) is 0 Å². The van der Waals surface area contributed by atoms with Crippen LogP contribution in [0.15, 0.2) is 0 Å². The topological polar surface area (TPSA) is 35.5 Å². The first-order chi connectivity index (χ1) is 7.54. The highest BCUT2D eigenvalue weighted by molar-refractivity contribution is 14.1. The van der Waals surface area contributed by atoms with Gasteiger partial charge in [0.15, 0.2) is 3.79 Å². The van der Waals surface area contributed by atoms with Crippen molar-refractivity contribution in [3.8, 4) is 0 Å². The first-order valence-corrected chi connectivity index (χ1v) is 7.12. The van der Waals surface area contributed by atoms with Crippen molar-refractivity contribution in [2.24, 2.45) is 0 Å². The Morgan fingerprint density at radius 2 is 1.88 bits per heavy atom. The molecule has 0 aromatic rings. The molecule has 0 saturated carbocycles. The molecule has 0 rings (SSSR count). The van der Waals surface area contributed by atoms with Crippen LogP contribution in [0.2, 0.25) is 0 Å². The Morgan fingerprint density at radius 3 is 2.29 bits per heavy atom. The molecule has 17 heavy (non-hydrogen) atoms. The van der Waals surface area contributed by atoms with Gasteiger partial charge in [0, 0.05) is 18.5 Å². The molecule has 0 aromatic heterocycles. The third kappa shape index (κ3) is 10.0. The number of hydrogen-bond acceptors (Lipinski definition) is 3. The summed E-state index contributed by atoms with van der Waals surface area (Å²) >= 11 is 1.81. The maximum Gasteiger partial charge on any atom is 0.195 e. The van der Waals surface area contributed by atoms with Gasteiger partial charge in [0.1, 0.15) is 7.85 Å². The van der Waals surface area contributed by atoms with Gasteiger partial charge in [-0.3, -0.25) is 4.79 Å². The molecule has 0 bridgehead atoms. The summed E-state index contributed by atoms with van der Waals surface area (Å²) < 4.78 is 11.7. The lowest BCUT2D eigenvalue weighted by Crippen LogP contribution is -2.35. The van der Waals surface area contributed by atoms with Crippen molar-refractivity contribution >= 4 is 34.2 Å². The zero-order chi connectivity index (χ0) is 13.7. The van der Waals surface area contributed by atoms with E-state index in [0.717, 1.165) is 6.42 Å². The van der Waals surface area contributed by atoms with Crippen LogP contribution in [-0.4, -0.2) is 35.4 Å². The molecular weight excluding hydrogens is 330 g/mol. The zero-order valence-electron chi connectivity index (χ0n) is 11.8. The van der Waals surface area contributed by atoms with E-state index in [1.165, 1.54) is 0 Å². The Bertz CT molecular complexity index is 252. The molecule has 0 aliphatic heterocycles. The average Bonchev–Trinajstić information content (AvgIpc) is 1.96.